The zero-order valence-corrected chi connectivity index (χ0v) is 10.3. The van der Waals surface area contributed by atoms with Gasteiger partial charge in [0.1, 0.15) is 11.6 Å². The van der Waals surface area contributed by atoms with Crippen LogP contribution in [0.4, 0.5) is 0 Å². The van der Waals surface area contributed by atoms with Crippen molar-refractivity contribution in [3.05, 3.63) is 59.5 Å². The molecule has 0 spiro atoms. The number of benzene rings is 1. The molecule has 96 valence electrons. The summed E-state index contributed by atoms with van der Waals surface area (Å²) in [6.07, 6.45) is 2.46. The number of pyridine rings is 1. The second-order valence-electron chi connectivity index (χ2n) is 4.39. The molecule has 0 aliphatic rings. The summed E-state index contributed by atoms with van der Waals surface area (Å²) >= 11 is 0. The predicted octanol–water partition coefficient (Wildman–Crippen LogP) is 1.48. The fourth-order valence-corrected chi connectivity index (χ4v) is 2.05. The molecule has 0 radical (unpaired) electrons. The van der Waals surface area contributed by atoms with Crippen molar-refractivity contribution in [2.75, 3.05) is 0 Å². The van der Waals surface area contributed by atoms with E-state index in [1.165, 1.54) is 0 Å². The molecule has 3 aromatic rings. The van der Waals surface area contributed by atoms with Gasteiger partial charge in [-0.2, -0.15) is 0 Å². The largest absolute Gasteiger partial charge is 0.508 e. The van der Waals surface area contributed by atoms with E-state index in [1.54, 1.807) is 12.1 Å². The second-order valence-corrected chi connectivity index (χ2v) is 4.39. The topological polar surface area (TPSA) is 76.4 Å². The SMILES string of the molecule is NCc1ccc2nnc(Cc3ccccc3O)n2c1. The minimum Gasteiger partial charge on any atom is -0.508 e. The summed E-state index contributed by atoms with van der Waals surface area (Å²) in [6.45, 7) is 0.476. The van der Waals surface area contributed by atoms with E-state index in [1.807, 2.05) is 34.9 Å². The van der Waals surface area contributed by atoms with Gasteiger partial charge in [-0.15, -0.1) is 10.2 Å². The van der Waals surface area contributed by atoms with Gasteiger partial charge < -0.3 is 10.8 Å². The molecule has 0 aliphatic carbocycles. The molecule has 19 heavy (non-hydrogen) atoms. The van der Waals surface area contributed by atoms with Gasteiger partial charge >= 0.3 is 0 Å². The standard InChI is InChI=1S/C14H14N4O/c15-8-10-5-6-13-16-17-14(18(13)9-10)7-11-3-1-2-4-12(11)19/h1-6,9,19H,7-8,15H2. The van der Waals surface area contributed by atoms with Crippen LogP contribution in [0.3, 0.4) is 0 Å². The van der Waals surface area contributed by atoms with Crippen molar-refractivity contribution in [2.45, 2.75) is 13.0 Å². The van der Waals surface area contributed by atoms with E-state index in [4.69, 9.17) is 5.73 Å². The summed E-state index contributed by atoms with van der Waals surface area (Å²) in [4.78, 5) is 0. The van der Waals surface area contributed by atoms with E-state index in [0.717, 1.165) is 22.6 Å². The lowest BCUT2D eigenvalue weighted by atomic mass is 10.1. The van der Waals surface area contributed by atoms with Crippen LogP contribution < -0.4 is 5.73 Å². The maximum Gasteiger partial charge on any atom is 0.160 e. The first kappa shape index (κ1) is 11.7. The number of para-hydroxylation sites is 1. The van der Waals surface area contributed by atoms with E-state index in [2.05, 4.69) is 10.2 Å². The van der Waals surface area contributed by atoms with Gasteiger partial charge in [0.25, 0.3) is 0 Å². The third-order valence-corrected chi connectivity index (χ3v) is 3.11. The van der Waals surface area contributed by atoms with Gasteiger partial charge in [0.15, 0.2) is 5.65 Å². The van der Waals surface area contributed by atoms with E-state index in [9.17, 15) is 5.11 Å². The Kier molecular flexibility index (Phi) is 2.89. The van der Waals surface area contributed by atoms with Crippen LogP contribution in [0.5, 0.6) is 5.75 Å². The van der Waals surface area contributed by atoms with Crippen LogP contribution in [0.2, 0.25) is 0 Å². The van der Waals surface area contributed by atoms with E-state index in [0.29, 0.717) is 13.0 Å². The maximum atomic E-state index is 9.80. The normalized spacial score (nSPS) is 11.0. The predicted molar refractivity (Wildman–Crippen MR) is 71.8 cm³/mol. The number of rotatable bonds is 3. The van der Waals surface area contributed by atoms with Gasteiger partial charge in [0, 0.05) is 24.7 Å². The molecular weight excluding hydrogens is 240 g/mol. The second kappa shape index (κ2) is 4.70. The van der Waals surface area contributed by atoms with Crippen LogP contribution in [-0.2, 0) is 13.0 Å². The number of nitrogens with two attached hydrogens (primary N) is 1. The summed E-state index contributed by atoms with van der Waals surface area (Å²) in [5.41, 5.74) is 8.27. The van der Waals surface area contributed by atoms with Gasteiger partial charge in [-0.25, -0.2) is 0 Å². The Hall–Kier alpha value is -2.40. The van der Waals surface area contributed by atoms with Crippen molar-refractivity contribution in [1.82, 2.24) is 14.6 Å². The fourth-order valence-electron chi connectivity index (χ4n) is 2.05. The summed E-state index contributed by atoms with van der Waals surface area (Å²) < 4.78 is 1.91. The number of phenolic OH excluding ortho intramolecular Hbond substituents is 1. The summed E-state index contributed by atoms with van der Waals surface area (Å²) in [6, 6.07) is 11.1. The number of aromatic hydroxyl groups is 1. The Morgan fingerprint density at radius 3 is 2.74 bits per heavy atom. The van der Waals surface area contributed by atoms with Crippen LogP contribution >= 0.6 is 0 Å². The zero-order valence-electron chi connectivity index (χ0n) is 10.3. The number of hydrogen-bond donors (Lipinski definition) is 2. The Balaban J connectivity index is 2.03. The lowest BCUT2D eigenvalue weighted by Crippen LogP contribution is -2.01. The molecular formula is C14H14N4O. The Morgan fingerprint density at radius 2 is 1.95 bits per heavy atom. The average molecular weight is 254 g/mol. The molecule has 0 aliphatic heterocycles. The molecule has 0 unspecified atom stereocenters. The summed E-state index contributed by atoms with van der Waals surface area (Å²) in [7, 11) is 0. The lowest BCUT2D eigenvalue weighted by molar-refractivity contribution is 0.469. The summed E-state index contributed by atoms with van der Waals surface area (Å²) in [5.74, 6) is 1.06. The first-order valence-electron chi connectivity index (χ1n) is 6.07. The van der Waals surface area contributed by atoms with Gasteiger partial charge in [0.2, 0.25) is 0 Å². The first-order chi connectivity index (χ1) is 9.28. The third-order valence-electron chi connectivity index (χ3n) is 3.11. The molecule has 5 nitrogen and oxygen atoms in total. The van der Waals surface area contributed by atoms with Gasteiger partial charge in [-0.05, 0) is 17.7 Å². The van der Waals surface area contributed by atoms with Gasteiger partial charge in [-0.3, -0.25) is 4.40 Å². The number of hydrogen-bond acceptors (Lipinski definition) is 4. The van der Waals surface area contributed by atoms with Crippen molar-refractivity contribution in [1.29, 1.82) is 0 Å². The maximum absolute atomic E-state index is 9.80. The molecule has 3 N–H and O–H groups in total. The third kappa shape index (κ3) is 2.15. The van der Waals surface area contributed by atoms with Gasteiger partial charge in [0.05, 0.1) is 0 Å². The molecule has 2 aromatic heterocycles. The summed E-state index contributed by atoms with van der Waals surface area (Å²) in [5, 5.41) is 18.1. The molecule has 3 rings (SSSR count). The van der Waals surface area contributed by atoms with Crippen molar-refractivity contribution in [3.8, 4) is 5.75 Å². The van der Waals surface area contributed by atoms with E-state index in [-0.39, 0.29) is 5.75 Å². The van der Waals surface area contributed by atoms with E-state index >= 15 is 0 Å². The van der Waals surface area contributed by atoms with Crippen LogP contribution in [-0.4, -0.2) is 19.7 Å². The van der Waals surface area contributed by atoms with E-state index < -0.39 is 0 Å². The van der Waals surface area contributed by atoms with Gasteiger partial charge in [-0.1, -0.05) is 24.3 Å². The minimum atomic E-state index is 0.272. The number of aromatic nitrogens is 3. The molecule has 0 fully saturated rings. The molecule has 1 aromatic carbocycles. The van der Waals surface area contributed by atoms with Crippen molar-refractivity contribution in [2.24, 2.45) is 5.73 Å². The van der Waals surface area contributed by atoms with Crippen LogP contribution in [0, 0.1) is 0 Å². The molecule has 2 heterocycles. The zero-order chi connectivity index (χ0) is 13.2. The lowest BCUT2D eigenvalue weighted by Gasteiger charge is -2.04. The highest BCUT2D eigenvalue weighted by atomic mass is 16.3. The highest BCUT2D eigenvalue weighted by molar-refractivity contribution is 5.41. The highest BCUT2D eigenvalue weighted by Crippen LogP contribution is 2.19. The monoisotopic (exact) mass is 254 g/mol. The molecule has 0 amide bonds. The first-order valence-corrected chi connectivity index (χ1v) is 6.07. The van der Waals surface area contributed by atoms with Crippen LogP contribution in [0.1, 0.15) is 17.0 Å². The molecule has 0 bridgehead atoms. The fraction of sp³-hybridized carbons (Fsp3) is 0.143. The quantitative estimate of drug-likeness (QED) is 0.742. The smallest absolute Gasteiger partial charge is 0.160 e. The Morgan fingerprint density at radius 1 is 1.11 bits per heavy atom. The number of phenols is 1. The number of fused-ring (bicyclic) bond motifs is 1. The molecule has 0 saturated heterocycles. The average Bonchev–Trinajstić information content (AvgIpc) is 2.84. The molecule has 0 saturated carbocycles. The highest BCUT2D eigenvalue weighted by Gasteiger charge is 2.09. The van der Waals surface area contributed by atoms with Crippen molar-refractivity contribution < 1.29 is 5.11 Å². The van der Waals surface area contributed by atoms with Crippen LogP contribution in [0.15, 0.2) is 42.6 Å². The molecule has 5 heteroatoms. The Labute approximate surface area is 110 Å². The Bertz CT molecular complexity index is 720. The minimum absolute atomic E-state index is 0.272. The van der Waals surface area contributed by atoms with Crippen LogP contribution in [0.25, 0.3) is 5.65 Å². The molecule has 0 atom stereocenters. The number of nitrogens with zero attached hydrogens (tertiary/aromatic N) is 3. The van der Waals surface area contributed by atoms with Crippen molar-refractivity contribution >= 4 is 5.65 Å². The van der Waals surface area contributed by atoms with Crippen molar-refractivity contribution in [3.63, 3.8) is 0 Å².